The van der Waals surface area contributed by atoms with Crippen LogP contribution in [0.4, 0.5) is 0 Å². The lowest BCUT2D eigenvalue weighted by molar-refractivity contribution is 0.314. The molecule has 1 aromatic rings. The maximum absolute atomic E-state index is 8.57. The average molecular weight is 237 g/mol. The van der Waals surface area contributed by atoms with Crippen LogP contribution in [0.1, 0.15) is 25.0 Å². The van der Waals surface area contributed by atoms with Gasteiger partial charge in [-0.3, -0.25) is 4.68 Å². The van der Waals surface area contributed by atoms with E-state index in [9.17, 15) is 0 Å². The maximum Gasteiger partial charge on any atom is 0.139 e. The number of hydrogen-bond acceptors (Lipinski definition) is 4. The van der Waals surface area contributed by atoms with Crippen molar-refractivity contribution in [2.24, 2.45) is 23.4 Å². The molecule has 1 saturated carbocycles. The second-order valence-corrected chi connectivity index (χ2v) is 4.82. The van der Waals surface area contributed by atoms with Gasteiger partial charge in [0.2, 0.25) is 0 Å². The first-order chi connectivity index (χ1) is 8.15. The second kappa shape index (κ2) is 4.75. The van der Waals surface area contributed by atoms with Gasteiger partial charge in [-0.15, -0.1) is 0 Å². The van der Waals surface area contributed by atoms with Crippen molar-refractivity contribution in [2.45, 2.75) is 25.8 Å². The summed E-state index contributed by atoms with van der Waals surface area (Å²) < 4.78 is 1.86. The van der Waals surface area contributed by atoms with Crippen LogP contribution >= 0.6 is 0 Å². The first kappa shape index (κ1) is 11.9. The molecule has 0 radical (unpaired) electrons. The molecular weight excluding hydrogens is 218 g/mol. The molecule has 1 aromatic heterocycles. The van der Waals surface area contributed by atoms with Crippen molar-refractivity contribution < 1.29 is 5.21 Å². The van der Waals surface area contributed by atoms with E-state index >= 15 is 0 Å². The van der Waals surface area contributed by atoms with Crippen molar-refractivity contribution in [1.29, 1.82) is 0 Å². The molecule has 0 bridgehead atoms. The van der Waals surface area contributed by atoms with Crippen molar-refractivity contribution in [2.75, 3.05) is 6.54 Å². The molecule has 94 valence electrons. The fourth-order valence-electron chi connectivity index (χ4n) is 2.04. The Morgan fingerprint density at radius 2 is 2.47 bits per heavy atom. The molecule has 1 fully saturated rings. The summed E-state index contributed by atoms with van der Waals surface area (Å²) in [6.45, 7) is 1.70. The highest BCUT2D eigenvalue weighted by atomic mass is 16.4. The molecule has 6 nitrogen and oxygen atoms in total. The number of nitrogens with two attached hydrogens (primary N) is 1. The Labute approximate surface area is 100 Å². The van der Waals surface area contributed by atoms with E-state index in [1.54, 1.807) is 6.20 Å². The van der Waals surface area contributed by atoms with Crippen LogP contribution in [0.25, 0.3) is 0 Å². The summed E-state index contributed by atoms with van der Waals surface area (Å²) in [6, 6.07) is 2.00. The minimum absolute atomic E-state index is 0.203. The molecular formula is C11H19N5O. The Bertz CT molecular complexity index is 408. The molecule has 1 aliphatic rings. The van der Waals surface area contributed by atoms with Crippen molar-refractivity contribution in [3.05, 3.63) is 18.0 Å². The van der Waals surface area contributed by atoms with Gasteiger partial charge in [-0.05, 0) is 24.3 Å². The number of rotatable bonds is 6. The highest BCUT2D eigenvalue weighted by molar-refractivity contribution is 5.80. The van der Waals surface area contributed by atoms with E-state index in [4.69, 9.17) is 10.9 Å². The highest BCUT2D eigenvalue weighted by Crippen LogP contribution is 2.48. The van der Waals surface area contributed by atoms with Crippen LogP contribution < -0.4 is 11.1 Å². The number of aryl methyl sites for hydroxylation is 1. The Morgan fingerprint density at radius 1 is 1.71 bits per heavy atom. The summed E-state index contributed by atoms with van der Waals surface area (Å²) in [5, 5.41) is 19.1. The van der Waals surface area contributed by atoms with Crippen molar-refractivity contribution >= 4 is 5.84 Å². The number of nitrogens with zero attached hydrogens (tertiary/aromatic N) is 3. The summed E-state index contributed by atoms with van der Waals surface area (Å²) in [4.78, 5) is 0. The molecule has 17 heavy (non-hydrogen) atoms. The topological polar surface area (TPSA) is 88.5 Å². The van der Waals surface area contributed by atoms with Crippen molar-refractivity contribution in [3.63, 3.8) is 0 Å². The molecule has 0 amide bonds. The molecule has 4 N–H and O–H groups in total. The lowest BCUT2D eigenvalue weighted by atomic mass is 10.0. The predicted molar refractivity (Wildman–Crippen MR) is 64.6 cm³/mol. The second-order valence-electron chi connectivity index (χ2n) is 4.82. The van der Waals surface area contributed by atoms with Gasteiger partial charge in [0.1, 0.15) is 5.84 Å². The Balaban J connectivity index is 1.77. The van der Waals surface area contributed by atoms with Crippen LogP contribution in [0.3, 0.4) is 0 Å². The smallest absolute Gasteiger partial charge is 0.139 e. The maximum atomic E-state index is 8.57. The van der Waals surface area contributed by atoms with Crippen LogP contribution in [0.15, 0.2) is 17.4 Å². The normalized spacial score (nSPS) is 18.3. The highest BCUT2D eigenvalue weighted by Gasteiger charge is 2.42. The van der Waals surface area contributed by atoms with E-state index in [0.717, 1.165) is 31.6 Å². The zero-order valence-corrected chi connectivity index (χ0v) is 10.1. The first-order valence-electron chi connectivity index (χ1n) is 5.79. The zero-order valence-electron chi connectivity index (χ0n) is 10.1. The summed E-state index contributed by atoms with van der Waals surface area (Å²) in [5.74, 6) is 0.324. The third-order valence-corrected chi connectivity index (χ3v) is 3.37. The lowest BCUT2D eigenvalue weighted by Gasteiger charge is -2.15. The van der Waals surface area contributed by atoms with Gasteiger partial charge >= 0.3 is 0 Å². The molecule has 0 aliphatic heterocycles. The third kappa shape index (κ3) is 2.97. The van der Waals surface area contributed by atoms with Gasteiger partial charge in [0.05, 0.1) is 5.69 Å². The predicted octanol–water partition coefficient (Wildman–Crippen LogP) is 0.426. The summed E-state index contributed by atoms with van der Waals surface area (Å²) in [7, 11) is 1.93. The zero-order chi connectivity index (χ0) is 12.3. The first-order valence-corrected chi connectivity index (χ1v) is 5.79. The number of aromatic nitrogens is 2. The standard InChI is InChI=1S/C11H19N5O/c1-16-9(2-5-14-16)7-13-8-11(3-4-11)6-10(12)15-17/h2,5,13,17H,3-4,6-8H2,1H3,(H2,12,15). The van der Waals surface area contributed by atoms with Gasteiger partial charge in [-0.1, -0.05) is 5.16 Å². The molecule has 0 unspecified atom stereocenters. The Hall–Kier alpha value is -1.56. The number of hydrogen-bond donors (Lipinski definition) is 3. The van der Waals surface area contributed by atoms with E-state index in [0.29, 0.717) is 12.3 Å². The van der Waals surface area contributed by atoms with Crippen molar-refractivity contribution in [3.8, 4) is 0 Å². The van der Waals surface area contributed by atoms with Crippen molar-refractivity contribution in [1.82, 2.24) is 15.1 Å². The molecule has 1 aliphatic carbocycles. The van der Waals surface area contributed by atoms with E-state index < -0.39 is 0 Å². The van der Waals surface area contributed by atoms with Crippen LogP contribution in [0.5, 0.6) is 0 Å². The van der Waals surface area contributed by atoms with Gasteiger partial charge in [0, 0.05) is 32.8 Å². The summed E-state index contributed by atoms with van der Waals surface area (Å²) in [5.41, 5.74) is 6.91. The number of nitrogens with one attached hydrogen (secondary N) is 1. The van der Waals surface area contributed by atoms with Crippen LogP contribution in [-0.4, -0.2) is 27.4 Å². The monoisotopic (exact) mass is 237 g/mol. The molecule has 0 spiro atoms. The fraction of sp³-hybridized carbons (Fsp3) is 0.636. The van der Waals surface area contributed by atoms with Crippen LogP contribution in [-0.2, 0) is 13.6 Å². The van der Waals surface area contributed by atoms with E-state index in [1.807, 2.05) is 17.8 Å². The molecule has 0 aromatic carbocycles. The van der Waals surface area contributed by atoms with Crippen LogP contribution in [0, 0.1) is 5.41 Å². The molecule has 0 saturated heterocycles. The van der Waals surface area contributed by atoms with Gasteiger partial charge in [0.15, 0.2) is 0 Å². The molecule has 1 heterocycles. The Kier molecular flexibility index (Phi) is 3.33. The minimum Gasteiger partial charge on any atom is -0.409 e. The van der Waals surface area contributed by atoms with Crippen LogP contribution in [0.2, 0.25) is 0 Å². The fourth-order valence-corrected chi connectivity index (χ4v) is 2.04. The molecule has 0 atom stereocenters. The summed E-state index contributed by atoms with van der Waals surface area (Å²) >= 11 is 0. The van der Waals surface area contributed by atoms with Gasteiger partial charge < -0.3 is 16.3 Å². The minimum atomic E-state index is 0.203. The Morgan fingerprint density at radius 3 is 3.00 bits per heavy atom. The molecule has 6 heteroatoms. The average Bonchev–Trinajstić information content (AvgIpc) is 2.95. The third-order valence-electron chi connectivity index (χ3n) is 3.37. The van der Waals surface area contributed by atoms with E-state index in [-0.39, 0.29) is 5.41 Å². The largest absolute Gasteiger partial charge is 0.409 e. The number of oxime groups is 1. The van der Waals surface area contributed by atoms with Gasteiger partial charge in [-0.2, -0.15) is 5.10 Å². The quantitative estimate of drug-likeness (QED) is 0.290. The van der Waals surface area contributed by atoms with E-state index in [2.05, 4.69) is 15.6 Å². The van der Waals surface area contributed by atoms with E-state index in [1.165, 1.54) is 0 Å². The van der Waals surface area contributed by atoms with Gasteiger partial charge in [0.25, 0.3) is 0 Å². The molecule has 2 rings (SSSR count). The number of amidine groups is 1. The summed E-state index contributed by atoms with van der Waals surface area (Å²) in [6.07, 6.45) is 4.74. The van der Waals surface area contributed by atoms with Gasteiger partial charge in [-0.25, -0.2) is 0 Å². The lowest BCUT2D eigenvalue weighted by Crippen LogP contribution is -2.28. The SMILES string of the molecule is Cn1nccc1CNCC1(CC(N)=NO)CC1.